The average Bonchev–Trinajstić information content (AvgIpc) is 2.81. The van der Waals surface area contributed by atoms with Crippen LogP contribution in [0.3, 0.4) is 0 Å². The molecule has 3 rings (SSSR count). The van der Waals surface area contributed by atoms with Gasteiger partial charge in [-0.15, -0.1) is 0 Å². The Morgan fingerprint density at radius 1 is 1.79 bits per heavy atom. The van der Waals surface area contributed by atoms with Crippen LogP contribution in [0.5, 0.6) is 0 Å². The third-order valence-corrected chi connectivity index (χ3v) is 4.69. The van der Waals surface area contributed by atoms with Crippen LogP contribution in [0.15, 0.2) is 10.7 Å². The van der Waals surface area contributed by atoms with Crippen molar-refractivity contribution in [2.75, 3.05) is 11.5 Å². The molecule has 3 nitrogen and oxygen atoms in total. The Labute approximate surface area is 95.3 Å². The van der Waals surface area contributed by atoms with Gasteiger partial charge in [-0.25, -0.2) is 0 Å². The van der Waals surface area contributed by atoms with Crippen molar-refractivity contribution < 1.29 is 4.74 Å². The largest absolute Gasteiger partial charge is 0.358 e. The van der Waals surface area contributed by atoms with Gasteiger partial charge in [-0.1, -0.05) is 0 Å². The van der Waals surface area contributed by atoms with E-state index < -0.39 is 0 Å². The normalized spacial score (nSPS) is 35.4. The highest BCUT2D eigenvalue weighted by Gasteiger charge is 2.61. The summed E-state index contributed by atoms with van der Waals surface area (Å²) in [5, 5.41) is 4.24. The lowest BCUT2D eigenvalue weighted by Gasteiger charge is -2.17. The summed E-state index contributed by atoms with van der Waals surface area (Å²) >= 11 is 5.51. The van der Waals surface area contributed by atoms with E-state index in [0.29, 0.717) is 6.10 Å². The molecule has 0 bridgehead atoms. The third-order valence-electron chi connectivity index (χ3n) is 2.95. The highest BCUT2D eigenvalue weighted by atomic mass is 79.9. The minimum Gasteiger partial charge on any atom is -0.358 e. The molecule has 0 unspecified atom stereocenters. The van der Waals surface area contributed by atoms with Gasteiger partial charge < -0.3 is 4.74 Å². The van der Waals surface area contributed by atoms with Crippen molar-refractivity contribution in [2.45, 2.75) is 18.1 Å². The van der Waals surface area contributed by atoms with Crippen molar-refractivity contribution in [2.24, 2.45) is 7.05 Å². The number of thioether (sulfide) groups is 1. The molecule has 2 fully saturated rings. The van der Waals surface area contributed by atoms with E-state index in [0.717, 1.165) is 10.2 Å². The third kappa shape index (κ3) is 1.12. The molecular weight excluding hydrogens is 264 g/mol. The minimum atomic E-state index is -0.0347. The summed E-state index contributed by atoms with van der Waals surface area (Å²) in [6.07, 6.45) is 3.44. The van der Waals surface area contributed by atoms with Crippen LogP contribution in [-0.2, 0) is 17.4 Å². The lowest BCUT2D eigenvalue weighted by atomic mass is 10.0. The quantitative estimate of drug-likeness (QED) is 0.733. The molecule has 0 saturated carbocycles. The van der Waals surface area contributed by atoms with Crippen LogP contribution in [0.2, 0.25) is 0 Å². The zero-order valence-electron chi connectivity index (χ0n) is 7.86. The van der Waals surface area contributed by atoms with E-state index in [1.54, 1.807) is 0 Å². The summed E-state index contributed by atoms with van der Waals surface area (Å²) in [6.45, 7) is 0. The summed E-state index contributed by atoms with van der Waals surface area (Å²) in [7, 11) is 1.98. The van der Waals surface area contributed by atoms with Crippen LogP contribution in [0, 0.1) is 0 Å². The number of ether oxygens (including phenoxy) is 1. The molecular formula is C9H11BrN2OS. The van der Waals surface area contributed by atoms with E-state index in [1.165, 1.54) is 17.9 Å². The predicted octanol–water partition coefficient (Wildman–Crippen LogP) is 1.91. The summed E-state index contributed by atoms with van der Waals surface area (Å²) in [6, 6.07) is 0. The number of aromatic nitrogens is 2. The molecule has 2 atom stereocenters. The summed E-state index contributed by atoms with van der Waals surface area (Å²) < 4.78 is 8.86. The Morgan fingerprint density at radius 3 is 3.29 bits per heavy atom. The van der Waals surface area contributed by atoms with Gasteiger partial charge in [0.1, 0.15) is 5.60 Å². The van der Waals surface area contributed by atoms with E-state index in [4.69, 9.17) is 4.74 Å². The number of nitrogens with zero attached hydrogens (tertiary/aromatic N) is 2. The van der Waals surface area contributed by atoms with Crippen LogP contribution in [0.1, 0.15) is 12.1 Å². The zero-order valence-corrected chi connectivity index (χ0v) is 10.3. The average molecular weight is 275 g/mol. The van der Waals surface area contributed by atoms with Gasteiger partial charge in [0.2, 0.25) is 0 Å². The second-order valence-corrected chi connectivity index (χ2v) is 5.76. The second kappa shape index (κ2) is 3.00. The molecule has 1 aromatic rings. The molecule has 2 saturated heterocycles. The van der Waals surface area contributed by atoms with Gasteiger partial charge >= 0.3 is 0 Å². The molecule has 76 valence electrons. The van der Waals surface area contributed by atoms with Gasteiger partial charge in [0.15, 0.2) is 0 Å². The van der Waals surface area contributed by atoms with Crippen molar-refractivity contribution in [1.82, 2.24) is 9.78 Å². The van der Waals surface area contributed by atoms with Crippen LogP contribution in [0.25, 0.3) is 0 Å². The van der Waals surface area contributed by atoms with Crippen molar-refractivity contribution in [3.05, 3.63) is 16.4 Å². The lowest BCUT2D eigenvalue weighted by Crippen LogP contribution is -2.24. The first-order chi connectivity index (χ1) is 6.74. The molecule has 0 aromatic carbocycles. The number of hydrogen-bond donors (Lipinski definition) is 0. The van der Waals surface area contributed by atoms with Crippen LogP contribution in [-0.4, -0.2) is 27.4 Å². The predicted molar refractivity (Wildman–Crippen MR) is 59.4 cm³/mol. The molecule has 1 aromatic heterocycles. The molecule has 0 spiro atoms. The fourth-order valence-electron chi connectivity index (χ4n) is 2.22. The van der Waals surface area contributed by atoms with Crippen LogP contribution in [0.4, 0.5) is 0 Å². The SMILES string of the molecule is Cn1ncc(Br)c1[C@@]12CSCC[C@H]1O2. The van der Waals surface area contributed by atoms with Gasteiger partial charge in [0, 0.05) is 12.8 Å². The highest BCUT2D eigenvalue weighted by molar-refractivity contribution is 9.10. The lowest BCUT2D eigenvalue weighted by molar-refractivity contribution is 0.306. The van der Waals surface area contributed by atoms with Gasteiger partial charge in [0.05, 0.1) is 22.5 Å². The van der Waals surface area contributed by atoms with Crippen molar-refractivity contribution in [3.63, 3.8) is 0 Å². The monoisotopic (exact) mass is 274 g/mol. The Hall–Kier alpha value is -0.0000000000000000763. The number of halogens is 1. The van der Waals surface area contributed by atoms with E-state index in [9.17, 15) is 0 Å². The van der Waals surface area contributed by atoms with E-state index in [-0.39, 0.29) is 5.60 Å². The number of rotatable bonds is 1. The number of hydrogen-bond acceptors (Lipinski definition) is 3. The van der Waals surface area contributed by atoms with Gasteiger partial charge in [-0.2, -0.15) is 16.9 Å². The molecule has 14 heavy (non-hydrogen) atoms. The van der Waals surface area contributed by atoms with E-state index in [2.05, 4.69) is 21.0 Å². The first kappa shape index (κ1) is 9.24. The fraction of sp³-hybridized carbons (Fsp3) is 0.667. The maximum atomic E-state index is 5.86. The molecule has 0 aliphatic carbocycles. The first-order valence-electron chi connectivity index (χ1n) is 4.67. The van der Waals surface area contributed by atoms with Crippen molar-refractivity contribution in [1.29, 1.82) is 0 Å². The number of epoxide rings is 1. The maximum absolute atomic E-state index is 5.86. The summed E-state index contributed by atoms with van der Waals surface area (Å²) in [4.78, 5) is 0. The molecule has 2 aliphatic rings. The van der Waals surface area contributed by atoms with Gasteiger partial charge in [-0.3, -0.25) is 4.68 Å². The number of fused-ring (bicyclic) bond motifs is 1. The first-order valence-corrected chi connectivity index (χ1v) is 6.62. The Kier molecular flexibility index (Phi) is 1.98. The Balaban J connectivity index is 2.03. The zero-order chi connectivity index (χ0) is 9.76. The van der Waals surface area contributed by atoms with Crippen molar-refractivity contribution >= 4 is 27.7 Å². The fourth-order valence-corrected chi connectivity index (χ4v) is 4.12. The van der Waals surface area contributed by atoms with Gasteiger partial charge in [0.25, 0.3) is 0 Å². The molecule has 5 heteroatoms. The Bertz CT molecular complexity index is 361. The molecule has 3 heterocycles. The molecule has 0 amide bonds. The minimum absolute atomic E-state index is 0.0347. The van der Waals surface area contributed by atoms with E-state index >= 15 is 0 Å². The maximum Gasteiger partial charge on any atom is 0.146 e. The smallest absolute Gasteiger partial charge is 0.146 e. The van der Waals surface area contributed by atoms with Crippen LogP contribution < -0.4 is 0 Å². The van der Waals surface area contributed by atoms with E-state index in [1.807, 2.05) is 29.7 Å². The molecule has 2 aliphatic heterocycles. The summed E-state index contributed by atoms with van der Waals surface area (Å²) in [5.74, 6) is 2.29. The molecule has 0 radical (unpaired) electrons. The standard InChI is InChI=1S/C9H11BrN2OS/c1-12-8(6(10)4-11-12)9-5-14-3-2-7(9)13-9/h4,7H,2-3,5H2,1H3/t7-,9-/m1/s1. The van der Waals surface area contributed by atoms with Gasteiger partial charge in [-0.05, 0) is 28.1 Å². The molecule has 0 N–H and O–H groups in total. The van der Waals surface area contributed by atoms with Crippen molar-refractivity contribution in [3.8, 4) is 0 Å². The topological polar surface area (TPSA) is 30.4 Å². The summed E-state index contributed by atoms with van der Waals surface area (Å²) in [5.41, 5.74) is 1.17. The number of aryl methyl sites for hydroxylation is 1. The Morgan fingerprint density at radius 2 is 2.64 bits per heavy atom. The van der Waals surface area contributed by atoms with Crippen LogP contribution >= 0.6 is 27.7 Å². The second-order valence-electron chi connectivity index (χ2n) is 3.80. The highest BCUT2D eigenvalue weighted by Crippen LogP contribution is 2.54.